The number of hydrogen-bond acceptors (Lipinski definition) is 3. The van der Waals surface area contributed by atoms with E-state index in [1.165, 1.54) is 0 Å². The Morgan fingerprint density at radius 3 is 2.50 bits per heavy atom. The lowest BCUT2D eigenvalue weighted by atomic mass is 10.0. The molecule has 68 valence electrons. The Bertz CT molecular complexity index is 272. The largest absolute Gasteiger partial charge is 0.384 e. The fourth-order valence-electron chi connectivity index (χ4n) is 1.19. The summed E-state index contributed by atoms with van der Waals surface area (Å²) in [5, 5.41) is 9.69. The molecule has 0 spiro atoms. The van der Waals surface area contributed by atoms with Crippen LogP contribution in [0.5, 0.6) is 0 Å². The number of rotatable bonds is 2. The first-order valence-corrected chi connectivity index (χ1v) is 4.02. The Kier molecular flexibility index (Phi) is 2.10. The third kappa shape index (κ3) is 1.58. The first-order valence-electron chi connectivity index (χ1n) is 4.02. The molecule has 4 N–H and O–H groups in total. The molecule has 0 fully saturated rings. The van der Waals surface area contributed by atoms with E-state index in [0.717, 1.165) is 12.1 Å². The van der Waals surface area contributed by atoms with E-state index in [1.54, 1.807) is 13.8 Å². The van der Waals surface area contributed by atoms with Crippen LogP contribution in [0.4, 0.5) is 5.95 Å². The molecule has 0 aliphatic rings. The molecule has 0 bridgehead atoms. The molecule has 0 radical (unpaired) electrons. The van der Waals surface area contributed by atoms with Crippen LogP contribution in [0.2, 0.25) is 0 Å². The minimum atomic E-state index is -0.893. The predicted molar refractivity (Wildman–Crippen MR) is 47.6 cm³/mol. The van der Waals surface area contributed by atoms with Gasteiger partial charge in [-0.1, -0.05) is 6.92 Å². The zero-order valence-corrected chi connectivity index (χ0v) is 7.68. The van der Waals surface area contributed by atoms with Crippen LogP contribution < -0.4 is 5.73 Å². The van der Waals surface area contributed by atoms with Crippen molar-refractivity contribution >= 4 is 5.95 Å². The standard InChI is InChI=1S/C8H15N3O/c1-4-5-6(8(2,3)12)11-7(9)10-5/h12H,4H2,1-3H3,(H3,9,10,11). The number of nitrogen functional groups attached to an aromatic ring is 1. The molecule has 4 heteroatoms. The van der Waals surface area contributed by atoms with Crippen molar-refractivity contribution < 1.29 is 5.11 Å². The molecule has 1 heterocycles. The maximum absolute atomic E-state index is 9.69. The summed E-state index contributed by atoms with van der Waals surface area (Å²) in [5.41, 5.74) is 6.12. The molecule has 12 heavy (non-hydrogen) atoms. The summed E-state index contributed by atoms with van der Waals surface area (Å²) >= 11 is 0. The van der Waals surface area contributed by atoms with E-state index in [1.807, 2.05) is 6.92 Å². The van der Waals surface area contributed by atoms with Crippen molar-refractivity contribution in [3.05, 3.63) is 11.4 Å². The highest BCUT2D eigenvalue weighted by atomic mass is 16.3. The molecule has 0 aliphatic heterocycles. The van der Waals surface area contributed by atoms with Crippen molar-refractivity contribution in [2.45, 2.75) is 32.8 Å². The number of aromatic amines is 1. The average Bonchev–Trinajstić information content (AvgIpc) is 2.29. The molecule has 1 rings (SSSR count). The second-order valence-corrected chi connectivity index (χ2v) is 3.36. The summed E-state index contributed by atoms with van der Waals surface area (Å²) < 4.78 is 0. The van der Waals surface area contributed by atoms with Crippen LogP contribution in [-0.4, -0.2) is 15.1 Å². The number of nitrogens with zero attached hydrogens (tertiary/aromatic N) is 1. The third-order valence-electron chi connectivity index (χ3n) is 1.74. The lowest BCUT2D eigenvalue weighted by Crippen LogP contribution is -2.18. The van der Waals surface area contributed by atoms with E-state index in [-0.39, 0.29) is 0 Å². The van der Waals surface area contributed by atoms with Crippen molar-refractivity contribution in [2.24, 2.45) is 0 Å². The number of imidazole rings is 1. The van der Waals surface area contributed by atoms with E-state index >= 15 is 0 Å². The van der Waals surface area contributed by atoms with Crippen LogP contribution in [0.25, 0.3) is 0 Å². The highest BCUT2D eigenvalue weighted by Gasteiger charge is 2.22. The van der Waals surface area contributed by atoms with Gasteiger partial charge in [0.15, 0.2) is 5.95 Å². The van der Waals surface area contributed by atoms with Gasteiger partial charge in [0.05, 0.1) is 11.4 Å². The van der Waals surface area contributed by atoms with Gasteiger partial charge in [0.25, 0.3) is 0 Å². The van der Waals surface area contributed by atoms with Gasteiger partial charge >= 0.3 is 0 Å². The monoisotopic (exact) mass is 169 g/mol. The Morgan fingerprint density at radius 1 is 1.58 bits per heavy atom. The third-order valence-corrected chi connectivity index (χ3v) is 1.74. The molecule has 0 unspecified atom stereocenters. The lowest BCUT2D eigenvalue weighted by Gasteiger charge is -2.16. The van der Waals surface area contributed by atoms with Crippen molar-refractivity contribution in [3.63, 3.8) is 0 Å². The van der Waals surface area contributed by atoms with Crippen LogP contribution >= 0.6 is 0 Å². The Balaban J connectivity index is 3.13. The van der Waals surface area contributed by atoms with Gasteiger partial charge in [-0.25, -0.2) is 4.98 Å². The molecular weight excluding hydrogens is 154 g/mol. The summed E-state index contributed by atoms with van der Waals surface area (Å²) in [5.74, 6) is 0.365. The molecule has 0 amide bonds. The van der Waals surface area contributed by atoms with Gasteiger partial charge in [0, 0.05) is 0 Å². The number of anilines is 1. The molecule has 4 nitrogen and oxygen atoms in total. The van der Waals surface area contributed by atoms with Crippen molar-refractivity contribution in [1.29, 1.82) is 0 Å². The van der Waals surface area contributed by atoms with Crippen molar-refractivity contribution in [1.82, 2.24) is 9.97 Å². The van der Waals surface area contributed by atoms with Crippen LogP contribution in [0.1, 0.15) is 32.2 Å². The molecule has 0 aliphatic carbocycles. The van der Waals surface area contributed by atoms with Gasteiger partial charge in [0.2, 0.25) is 0 Å². The minimum Gasteiger partial charge on any atom is -0.384 e. The molecule has 1 aromatic rings. The number of aryl methyl sites for hydroxylation is 1. The smallest absolute Gasteiger partial charge is 0.197 e. The van der Waals surface area contributed by atoms with Crippen molar-refractivity contribution in [2.75, 3.05) is 5.73 Å². The van der Waals surface area contributed by atoms with Crippen molar-refractivity contribution in [3.8, 4) is 0 Å². The molecule has 0 atom stereocenters. The predicted octanol–water partition coefficient (Wildman–Crippen LogP) is 0.782. The number of nitrogens with two attached hydrogens (primary N) is 1. The normalized spacial score (nSPS) is 12.0. The summed E-state index contributed by atoms with van der Waals surface area (Å²) in [6.07, 6.45) is 0.771. The molecule has 0 saturated carbocycles. The van der Waals surface area contributed by atoms with Gasteiger partial charge in [-0.2, -0.15) is 0 Å². The fraction of sp³-hybridized carbons (Fsp3) is 0.625. The summed E-state index contributed by atoms with van der Waals surface area (Å²) in [7, 11) is 0. The highest BCUT2D eigenvalue weighted by molar-refractivity contribution is 5.29. The first kappa shape index (κ1) is 9.06. The maximum atomic E-state index is 9.69. The van der Waals surface area contributed by atoms with E-state index in [2.05, 4.69) is 9.97 Å². The SMILES string of the molecule is CCc1nc(N)[nH]c1C(C)(C)O. The van der Waals surface area contributed by atoms with Gasteiger partial charge in [-0.3, -0.25) is 0 Å². The molecular formula is C8H15N3O. The average molecular weight is 169 g/mol. The van der Waals surface area contributed by atoms with Gasteiger partial charge in [-0.05, 0) is 20.3 Å². The van der Waals surface area contributed by atoms with E-state index in [0.29, 0.717) is 11.6 Å². The quantitative estimate of drug-likeness (QED) is 0.612. The molecule has 0 saturated heterocycles. The van der Waals surface area contributed by atoms with Crippen LogP contribution in [0, 0.1) is 0 Å². The van der Waals surface area contributed by atoms with Crippen LogP contribution in [0.3, 0.4) is 0 Å². The van der Waals surface area contributed by atoms with Crippen LogP contribution in [0.15, 0.2) is 0 Å². The zero-order valence-electron chi connectivity index (χ0n) is 7.68. The Morgan fingerprint density at radius 2 is 2.17 bits per heavy atom. The number of H-pyrrole nitrogens is 1. The number of aliphatic hydroxyl groups is 1. The number of aromatic nitrogens is 2. The second kappa shape index (κ2) is 2.79. The van der Waals surface area contributed by atoms with Gasteiger partial charge in [-0.15, -0.1) is 0 Å². The molecule has 1 aromatic heterocycles. The first-order chi connectivity index (χ1) is 5.45. The summed E-state index contributed by atoms with van der Waals surface area (Å²) in [4.78, 5) is 6.91. The Labute approximate surface area is 71.8 Å². The number of hydrogen-bond donors (Lipinski definition) is 3. The molecule has 0 aromatic carbocycles. The summed E-state index contributed by atoms with van der Waals surface area (Å²) in [6, 6.07) is 0. The van der Waals surface area contributed by atoms with Gasteiger partial charge < -0.3 is 15.8 Å². The van der Waals surface area contributed by atoms with E-state index < -0.39 is 5.60 Å². The fourth-order valence-corrected chi connectivity index (χ4v) is 1.19. The highest BCUT2D eigenvalue weighted by Crippen LogP contribution is 2.22. The maximum Gasteiger partial charge on any atom is 0.197 e. The topological polar surface area (TPSA) is 74.9 Å². The Hall–Kier alpha value is -1.03. The number of nitrogens with one attached hydrogen (secondary N) is 1. The second-order valence-electron chi connectivity index (χ2n) is 3.36. The van der Waals surface area contributed by atoms with Crippen LogP contribution in [-0.2, 0) is 12.0 Å². The summed E-state index contributed by atoms with van der Waals surface area (Å²) in [6.45, 7) is 5.39. The zero-order chi connectivity index (χ0) is 9.35. The minimum absolute atomic E-state index is 0.365. The van der Waals surface area contributed by atoms with E-state index in [9.17, 15) is 5.11 Å². The van der Waals surface area contributed by atoms with Gasteiger partial charge in [0.1, 0.15) is 5.60 Å². The lowest BCUT2D eigenvalue weighted by molar-refractivity contribution is 0.0734. The van der Waals surface area contributed by atoms with E-state index in [4.69, 9.17) is 5.73 Å².